The zero-order chi connectivity index (χ0) is 18.2. The summed E-state index contributed by atoms with van der Waals surface area (Å²) in [5, 5.41) is 9.15. The first-order valence-corrected chi connectivity index (χ1v) is 8.87. The zero-order valence-corrected chi connectivity index (χ0v) is 15.2. The van der Waals surface area contributed by atoms with Gasteiger partial charge in [-0.05, 0) is 32.4 Å². The highest BCUT2D eigenvalue weighted by atomic mass is 16.5. The summed E-state index contributed by atoms with van der Waals surface area (Å²) in [5.41, 5.74) is 2.59. The Balaban J connectivity index is 2.45. The van der Waals surface area contributed by atoms with Crippen molar-refractivity contribution >= 4 is 5.97 Å². The number of nitriles is 1. The number of imidazole rings is 1. The van der Waals surface area contributed by atoms with Gasteiger partial charge in [-0.3, -0.25) is 0 Å². The first-order valence-electron chi connectivity index (χ1n) is 8.87. The van der Waals surface area contributed by atoms with Crippen LogP contribution in [-0.2, 0) is 11.3 Å². The highest BCUT2D eigenvalue weighted by Gasteiger charge is 2.22. The number of benzene rings is 1. The predicted octanol–water partition coefficient (Wildman–Crippen LogP) is 4.49. The molecule has 0 aliphatic rings. The molecule has 5 heteroatoms. The van der Waals surface area contributed by atoms with Crippen LogP contribution in [-0.4, -0.2) is 22.1 Å². The van der Waals surface area contributed by atoms with Gasteiger partial charge in [0.2, 0.25) is 0 Å². The van der Waals surface area contributed by atoms with Gasteiger partial charge in [0.15, 0.2) is 5.69 Å². The highest BCUT2D eigenvalue weighted by Crippen LogP contribution is 2.25. The molecule has 5 nitrogen and oxygen atoms in total. The SMILES string of the molecule is CCCCCCn1c(-c2cccc(C#N)c2)nc(C)c1C(=O)OCC. The summed E-state index contributed by atoms with van der Waals surface area (Å²) in [6, 6.07) is 9.47. The van der Waals surface area contributed by atoms with Gasteiger partial charge in [0.1, 0.15) is 5.82 Å². The molecular weight excluding hydrogens is 314 g/mol. The molecule has 0 bridgehead atoms. The maximum atomic E-state index is 12.4. The Hall–Kier alpha value is -2.61. The highest BCUT2D eigenvalue weighted by molar-refractivity contribution is 5.90. The summed E-state index contributed by atoms with van der Waals surface area (Å²) in [4.78, 5) is 17.0. The standard InChI is InChI=1S/C20H25N3O2/c1-4-6-7-8-12-23-18(20(24)25-5-2)15(3)22-19(23)17-11-9-10-16(13-17)14-21/h9-11,13H,4-8,12H2,1-3H3. The molecule has 1 aromatic carbocycles. The van der Waals surface area contributed by atoms with Gasteiger partial charge in [0, 0.05) is 12.1 Å². The van der Waals surface area contributed by atoms with E-state index < -0.39 is 0 Å². The average Bonchev–Trinajstić information content (AvgIpc) is 2.95. The topological polar surface area (TPSA) is 67.9 Å². The van der Waals surface area contributed by atoms with Crippen LogP contribution in [0.2, 0.25) is 0 Å². The van der Waals surface area contributed by atoms with Crippen molar-refractivity contribution in [2.24, 2.45) is 0 Å². The van der Waals surface area contributed by atoms with Crippen molar-refractivity contribution in [1.82, 2.24) is 9.55 Å². The van der Waals surface area contributed by atoms with E-state index in [1.165, 1.54) is 6.42 Å². The van der Waals surface area contributed by atoms with Gasteiger partial charge >= 0.3 is 5.97 Å². The van der Waals surface area contributed by atoms with Crippen molar-refractivity contribution < 1.29 is 9.53 Å². The van der Waals surface area contributed by atoms with E-state index in [0.717, 1.165) is 24.8 Å². The molecule has 132 valence electrons. The Bertz CT molecular complexity index is 772. The lowest BCUT2D eigenvalue weighted by Gasteiger charge is -2.12. The second kappa shape index (κ2) is 9.03. The average molecular weight is 339 g/mol. The second-order valence-corrected chi connectivity index (χ2v) is 5.99. The molecule has 0 aliphatic heterocycles. The number of carbonyl (C=O) groups is 1. The molecule has 0 spiro atoms. The fourth-order valence-corrected chi connectivity index (χ4v) is 2.89. The number of hydrogen-bond donors (Lipinski definition) is 0. The Morgan fingerprint density at radius 3 is 2.76 bits per heavy atom. The van der Waals surface area contributed by atoms with Crippen molar-refractivity contribution in [3.05, 3.63) is 41.2 Å². The molecule has 2 rings (SSSR count). The lowest BCUT2D eigenvalue weighted by atomic mass is 10.1. The van der Waals surface area contributed by atoms with Gasteiger partial charge in [-0.15, -0.1) is 0 Å². The molecular formula is C20H25N3O2. The maximum absolute atomic E-state index is 12.4. The molecule has 0 saturated carbocycles. The third-order valence-electron chi connectivity index (χ3n) is 4.10. The van der Waals surface area contributed by atoms with E-state index >= 15 is 0 Å². The zero-order valence-electron chi connectivity index (χ0n) is 15.2. The molecule has 0 atom stereocenters. The molecule has 1 heterocycles. The van der Waals surface area contributed by atoms with E-state index in [4.69, 9.17) is 10.00 Å². The lowest BCUT2D eigenvalue weighted by Crippen LogP contribution is -2.14. The minimum Gasteiger partial charge on any atom is -0.461 e. The van der Waals surface area contributed by atoms with Crippen LogP contribution in [0.15, 0.2) is 24.3 Å². The number of nitrogens with zero attached hydrogens (tertiary/aromatic N) is 3. The number of unbranched alkanes of at least 4 members (excludes halogenated alkanes) is 3. The Labute approximate surface area is 149 Å². The third-order valence-corrected chi connectivity index (χ3v) is 4.10. The van der Waals surface area contributed by atoms with Crippen LogP contribution in [0.5, 0.6) is 0 Å². The summed E-state index contributed by atoms with van der Waals surface area (Å²) in [5.74, 6) is 0.375. The van der Waals surface area contributed by atoms with Crippen LogP contribution in [0, 0.1) is 18.3 Å². The van der Waals surface area contributed by atoms with Gasteiger partial charge in [0.05, 0.1) is 23.9 Å². The summed E-state index contributed by atoms with van der Waals surface area (Å²) in [7, 11) is 0. The second-order valence-electron chi connectivity index (χ2n) is 5.99. The van der Waals surface area contributed by atoms with Gasteiger partial charge in [-0.1, -0.05) is 38.3 Å². The first-order chi connectivity index (χ1) is 12.1. The molecule has 0 N–H and O–H groups in total. The van der Waals surface area contributed by atoms with Crippen LogP contribution in [0.25, 0.3) is 11.4 Å². The predicted molar refractivity (Wildman–Crippen MR) is 97.2 cm³/mol. The Morgan fingerprint density at radius 1 is 1.28 bits per heavy atom. The van der Waals surface area contributed by atoms with E-state index in [1.807, 2.05) is 23.6 Å². The Morgan fingerprint density at radius 2 is 2.08 bits per heavy atom. The molecule has 0 unspecified atom stereocenters. The van der Waals surface area contributed by atoms with Gasteiger partial charge < -0.3 is 9.30 Å². The summed E-state index contributed by atoms with van der Waals surface area (Å²) >= 11 is 0. The normalized spacial score (nSPS) is 10.5. The minimum atomic E-state index is -0.342. The molecule has 0 saturated heterocycles. The fraction of sp³-hybridized carbons (Fsp3) is 0.450. The number of rotatable bonds is 8. The first kappa shape index (κ1) is 18.7. The molecule has 0 fully saturated rings. The molecule has 0 aliphatic carbocycles. The van der Waals surface area contributed by atoms with Crippen molar-refractivity contribution in [1.29, 1.82) is 5.26 Å². The number of esters is 1. The van der Waals surface area contributed by atoms with E-state index in [-0.39, 0.29) is 5.97 Å². The number of carbonyl (C=O) groups excluding carboxylic acids is 1. The van der Waals surface area contributed by atoms with E-state index in [2.05, 4.69) is 18.0 Å². The van der Waals surface area contributed by atoms with E-state index in [9.17, 15) is 4.79 Å². The number of hydrogen-bond acceptors (Lipinski definition) is 4. The van der Waals surface area contributed by atoms with Crippen LogP contribution in [0.3, 0.4) is 0 Å². The van der Waals surface area contributed by atoms with Crippen LogP contribution >= 0.6 is 0 Å². The van der Waals surface area contributed by atoms with Gasteiger partial charge in [-0.2, -0.15) is 5.26 Å². The summed E-state index contributed by atoms with van der Waals surface area (Å²) < 4.78 is 7.16. The molecule has 1 aromatic heterocycles. The van der Waals surface area contributed by atoms with E-state index in [0.29, 0.717) is 35.9 Å². The van der Waals surface area contributed by atoms with Crippen molar-refractivity contribution in [2.75, 3.05) is 6.61 Å². The Kier molecular flexibility index (Phi) is 6.76. The smallest absolute Gasteiger partial charge is 0.356 e. The summed E-state index contributed by atoms with van der Waals surface area (Å²) in [6.07, 6.45) is 4.40. The minimum absolute atomic E-state index is 0.332. The van der Waals surface area contributed by atoms with Gasteiger partial charge in [-0.25, -0.2) is 9.78 Å². The third kappa shape index (κ3) is 4.48. The molecule has 2 aromatic rings. The quantitative estimate of drug-likeness (QED) is 0.525. The number of aryl methyl sites for hydroxylation is 1. The maximum Gasteiger partial charge on any atom is 0.356 e. The van der Waals surface area contributed by atoms with Crippen LogP contribution in [0.4, 0.5) is 0 Å². The van der Waals surface area contributed by atoms with Crippen molar-refractivity contribution in [3.8, 4) is 17.5 Å². The summed E-state index contributed by atoms with van der Waals surface area (Å²) in [6.45, 7) is 6.84. The molecule has 0 amide bonds. The monoisotopic (exact) mass is 339 g/mol. The number of aromatic nitrogens is 2. The molecule has 25 heavy (non-hydrogen) atoms. The van der Waals surface area contributed by atoms with Crippen molar-refractivity contribution in [3.63, 3.8) is 0 Å². The lowest BCUT2D eigenvalue weighted by molar-refractivity contribution is 0.0512. The van der Waals surface area contributed by atoms with Crippen LogP contribution < -0.4 is 0 Å². The van der Waals surface area contributed by atoms with E-state index in [1.54, 1.807) is 19.1 Å². The van der Waals surface area contributed by atoms with Crippen molar-refractivity contribution in [2.45, 2.75) is 53.0 Å². The van der Waals surface area contributed by atoms with Gasteiger partial charge in [0.25, 0.3) is 0 Å². The van der Waals surface area contributed by atoms with Crippen LogP contribution in [0.1, 0.15) is 61.3 Å². The molecule has 0 radical (unpaired) electrons. The largest absolute Gasteiger partial charge is 0.461 e. The fourth-order valence-electron chi connectivity index (χ4n) is 2.89. The number of ether oxygens (including phenoxy) is 1.